The summed E-state index contributed by atoms with van der Waals surface area (Å²) in [5, 5.41) is 2.98. The molecule has 0 radical (unpaired) electrons. The van der Waals surface area contributed by atoms with Crippen LogP contribution in [0.2, 0.25) is 0 Å². The molecule has 0 bridgehead atoms. The predicted octanol–water partition coefficient (Wildman–Crippen LogP) is 2.73. The van der Waals surface area contributed by atoms with Crippen molar-refractivity contribution >= 4 is 27.8 Å². The van der Waals surface area contributed by atoms with Crippen molar-refractivity contribution in [3.8, 4) is 0 Å². The number of hydroxylamine groups is 2. The van der Waals surface area contributed by atoms with Gasteiger partial charge in [-0.15, -0.1) is 0 Å². The second-order valence-electron chi connectivity index (χ2n) is 6.85. The van der Waals surface area contributed by atoms with E-state index in [2.05, 4.69) is 22.5 Å². The molecule has 3 aromatic rings. The summed E-state index contributed by atoms with van der Waals surface area (Å²) in [7, 11) is 1.98. The van der Waals surface area contributed by atoms with E-state index >= 15 is 0 Å². The Bertz CT molecular complexity index is 928. The summed E-state index contributed by atoms with van der Waals surface area (Å²) in [6.45, 7) is 5.94. The number of rotatable bonds is 5. The summed E-state index contributed by atoms with van der Waals surface area (Å²) in [5.41, 5.74) is 8.83. The van der Waals surface area contributed by atoms with Crippen molar-refractivity contribution < 1.29 is 9.57 Å². The Labute approximate surface area is 152 Å². The Morgan fingerprint density at radius 3 is 2.85 bits per heavy atom. The minimum atomic E-state index is 0.0981. The molecule has 7 nitrogen and oxygen atoms in total. The van der Waals surface area contributed by atoms with Crippen molar-refractivity contribution in [1.29, 1.82) is 0 Å². The zero-order valence-electron chi connectivity index (χ0n) is 15.5. The lowest BCUT2D eigenvalue weighted by Gasteiger charge is -2.16. The molecule has 1 saturated heterocycles. The van der Waals surface area contributed by atoms with E-state index < -0.39 is 0 Å². The van der Waals surface area contributed by atoms with Gasteiger partial charge in [0.2, 0.25) is 0 Å². The molecule has 0 aliphatic carbocycles. The Kier molecular flexibility index (Phi) is 4.52. The number of nitrogens with zero attached hydrogens (tertiary/aromatic N) is 4. The van der Waals surface area contributed by atoms with Crippen LogP contribution in [0.3, 0.4) is 0 Å². The molecular weight excluding hydrogens is 330 g/mol. The van der Waals surface area contributed by atoms with Crippen LogP contribution in [-0.4, -0.2) is 45.4 Å². The number of imidazole rings is 1. The maximum Gasteiger partial charge on any atom is 0.152 e. The van der Waals surface area contributed by atoms with Crippen molar-refractivity contribution in [2.75, 3.05) is 19.4 Å². The topological polar surface area (TPSA) is 78.4 Å². The van der Waals surface area contributed by atoms with Gasteiger partial charge >= 0.3 is 0 Å². The van der Waals surface area contributed by atoms with Crippen LogP contribution < -0.4 is 5.73 Å². The molecule has 0 saturated carbocycles. The van der Waals surface area contributed by atoms with E-state index in [9.17, 15) is 0 Å². The molecule has 4 rings (SSSR count). The van der Waals surface area contributed by atoms with E-state index in [1.807, 2.05) is 37.2 Å². The molecule has 1 aliphatic heterocycles. The quantitative estimate of drug-likeness (QED) is 0.758. The fraction of sp³-hybridized carbons (Fsp3) is 0.474. The van der Waals surface area contributed by atoms with Gasteiger partial charge in [-0.1, -0.05) is 18.2 Å². The molecule has 0 spiro atoms. The van der Waals surface area contributed by atoms with Crippen LogP contribution >= 0.6 is 0 Å². The summed E-state index contributed by atoms with van der Waals surface area (Å²) in [4.78, 5) is 15.3. The molecule has 3 heterocycles. The standard InChI is InChI=1S/C19H25N5O2/c1-4-25-11-16-22-17-18(14-7-5-6-8-15(14)21-19(17)20)24(16)10-13-9-12(2)23(3)26-13/h5-8,12-13H,4,9-11H2,1-3H3,(H2,20,21). The highest BCUT2D eigenvalue weighted by atomic mass is 16.7. The number of hydrogen-bond acceptors (Lipinski definition) is 6. The van der Waals surface area contributed by atoms with Gasteiger partial charge in [0, 0.05) is 25.1 Å². The van der Waals surface area contributed by atoms with E-state index in [0.29, 0.717) is 31.6 Å². The van der Waals surface area contributed by atoms with E-state index in [1.54, 1.807) is 0 Å². The maximum absolute atomic E-state index is 6.22. The number of anilines is 1. The summed E-state index contributed by atoms with van der Waals surface area (Å²) >= 11 is 0. The minimum Gasteiger partial charge on any atom is -0.382 e. The Hall–Kier alpha value is -2.22. The molecule has 0 amide bonds. The second kappa shape index (κ2) is 6.83. The highest BCUT2D eigenvalue weighted by molar-refractivity contribution is 6.06. The molecule has 1 aliphatic rings. The number of ether oxygens (including phenoxy) is 1. The third kappa shape index (κ3) is 2.92. The lowest BCUT2D eigenvalue weighted by molar-refractivity contribution is -0.143. The number of benzene rings is 1. The third-order valence-electron chi connectivity index (χ3n) is 5.05. The van der Waals surface area contributed by atoms with Gasteiger partial charge < -0.3 is 15.0 Å². The monoisotopic (exact) mass is 355 g/mol. The molecule has 26 heavy (non-hydrogen) atoms. The second-order valence-corrected chi connectivity index (χ2v) is 6.85. The maximum atomic E-state index is 6.22. The van der Waals surface area contributed by atoms with Crippen LogP contribution in [0.15, 0.2) is 24.3 Å². The van der Waals surface area contributed by atoms with Gasteiger partial charge in [0.25, 0.3) is 0 Å². The van der Waals surface area contributed by atoms with Gasteiger partial charge in [-0.3, -0.25) is 4.84 Å². The average Bonchev–Trinajstić information content (AvgIpc) is 3.14. The third-order valence-corrected chi connectivity index (χ3v) is 5.05. The number of nitrogens with two attached hydrogens (primary N) is 1. The van der Waals surface area contributed by atoms with Gasteiger partial charge in [0.05, 0.1) is 23.7 Å². The van der Waals surface area contributed by atoms with E-state index in [4.69, 9.17) is 20.3 Å². The smallest absolute Gasteiger partial charge is 0.152 e. The van der Waals surface area contributed by atoms with Crippen LogP contribution in [0, 0.1) is 0 Å². The highest BCUT2D eigenvalue weighted by Gasteiger charge is 2.29. The molecule has 138 valence electrons. The highest BCUT2D eigenvalue weighted by Crippen LogP contribution is 2.30. The van der Waals surface area contributed by atoms with E-state index in [-0.39, 0.29) is 6.10 Å². The van der Waals surface area contributed by atoms with Gasteiger partial charge in [-0.25, -0.2) is 9.97 Å². The first-order valence-corrected chi connectivity index (χ1v) is 9.09. The Morgan fingerprint density at radius 2 is 2.12 bits per heavy atom. The first-order valence-electron chi connectivity index (χ1n) is 9.09. The normalized spacial score (nSPS) is 21.2. The van der Waals surface area contributed by atoms with Gasteiger partial charge in [0.1, 0.15) is 17.9 Å². The number of para-hydroxylation sites is 1. The van der Waals surface area contributed by atoms with Crippen molar-refractivity contribution in [2.45, 2.75) is 45.6 Å². The van der Waals surface area contributed by atoms with Crippen LogP contribution in [0.5, 0.6) is 0 Å². The predicted molar refractivity (Wildman–Crippen MR) is 101 cm³/mol. The number of nitrogen functional groups attached to an aromatic ring is 1. The molecule has 2 unspecified atom stereocenters. The van der Waals surface area contributed by atoms with Crippen molar-refractivity contribution in [1.82, 2.24) is 19.6 Å². The van der Waals surface area contributed by atoms with Crippen molar-refractivity contribution in [3.63, 3.8) is 0 Å². The molecular formula is C19H25N5O2. The van der Waals surface area contributed by atoms with Crippen LogP contribution in [-0.2, 0) is 22.7 Å². The fourth-order valence-electron chi connectivity index (χ4n) is 3.63. The fourth-order valence-corrected chi connectivity index (χ4v) is 3.63. The molecule has 2 aromatic heterocycles. The Morgan fingerprint density at radius 1 is 1.31 bits per heavy atom. The lowest BCUT2D eigenvalue weighted by atomic mass is 10.1. The summed E-state index contributed by atoms with van der Waals surface area (Å²) in [6.07, 6.45) is 1.07. The van der Waals surface area contributed by atoms with E-state index in [0.717, 1.165) is 34.2 Å². The summed E-state index contributed by atoms with van der Waals surface area (Å²) < 4.78 is 7.85. The zero-order valence-corrected chi connectivity index (χ0v) is 15.5. The molecule has 7 heteroatoms. The van der Waals surface area contributed by atoms with Crippen LogP contribution in [0.1, 0.15) is 26.1 Å². The average molecular weight is 355 g/mol. The van der Waals surface area contributed by atoms with Crippen LogP contribution in [0.25, 0.3) is 21.9 Å². The minimum absolute atomic E-state index is 0.0981. The summed E-state index contributed by atoms with van der Waals surface area (Å²) in [6, 6.07) is 8.43. The number of fused-ring (bicyclic) bond motifs is 3. The molecule has 1 aromatic carbocycles. The lowest BCUT2D eigenvalue weighted by Crippen LogP contribution is -2.21. The van der Waals surface area contributed by atoms with Crippen LogP contribution in [0.4, 0.5) is 5.82 Å². The van der Waals surface area contributed by atoms with Gasteiger partial charge in [0.15, 0.2) is 5.82 Å². The first kappa shape index (κ1) is 17.2. The number of aromatic nitrogens is 3. The van der Waals surface area contributed by atoms with Crippen molar-refractivity contribution in [2.24, 2.45) is 0 Å². The van der Waals surface area contributed by atoms with Gasteiger partial charge in [-0.2, -0.15) is 5.06 Å². The van der Waals surface area contributed by atoms with E-state index in [1.165, 1.54) is 0 Å². The molecule has 1 fully saturated rings. The number of hydrogen-bond donors (Lipinski definition) is 1. The Balaban J connectivity index is 1.86. The first-order chi connectivity index (χ1) is 12.6. The van der Waals surface area contributed by atoms with Crippen molar-refractivity contribution in [3.05, 3.63) is 30.1 Å². The molecule has 2 atom stereocenters. The van der Waals surface area contributed by atoms with Gasteiger partial charge in [-0.05, 0) is 26.3 Å². The number of pyridine rings is 1. The largest absolute Gasteiger partial charge is 0.382 e. The SMILES string of the molecule is CCOCc1nc2c(N)nc3ccccc3c2n1CC1CC(C)N(C)O1. The zero-order chi connectivity index (χ0) is 18.3. The summed E-state index contributed by atoms with van der Waals surface area (Å²) in [5.74, 6) is 1.31. The molecule has 2 N–H and O–H groups in total.